The number of methoxy groups -OCH3 is 1. The predicted octanol–water partition coefficient (Wildman–Crippen LogP) is 2.08. The molecule has 2 aromatic heterocycles. The number of nitriles is 1. The fourth-order valence-electron chi connectivity index (χ4n) is 3.47. The lowest BCUT2D eigenvalue weighted by molar-refractivity contribution is 0.0797. The molecule has 36 heavy (non-hydrogen) atoms. The van der Waals surface area contributed by atoms with Gasteiger partial charge in [-0.3, -0.25) is 4.98 Å². The van der Waals surface area contributed by atoms with Crippen LogP contribution >= 0.6 is 0 Å². The van der Waals surface area contributed by atoms with Crippen molar-refractivity contribution in [3.63, 3.8) is 0 Å². The highest BCUT2D eigenvalue weighted by Crippen LogP contribution is 2.32. The molecule has 0 bridgehead atoms. The fourth-order valence-corrected chi connectivity index (χ4v) is 3.47. The van der Waals surface area contributed by atoms with Gasteiger partial charge in [0.2, 0.25) is 0 Å². The molecule has 4 rings (SSSR count). The van der Waals surface area contributed by atoms with Crippen LogP contribution in [0, 0.1) is 17.1 Å². The van der Waals surface area contributed by atoms with Crippen molar-refractivity contribution in [1.29, 1.82) is 5.26 Å². The lowest BCUT2D eigenvalue weighted by Gasteiger charge is -2.21. The van der Waals surface area contributed by atoms with Crippen molar-refractivity contribution < 1.29 is 19.0 Å². The second-order valence-electron chi connectivity index (χ2n) is 7.51. The van der Waals surface area contributed by atoms with Gasteiger partial charge in [-0.25, -0.2) is 19.2 Å². The maximum atomic E-state index is 15.8. The summed E-state index contributed by atoms with van der Waals surface area (Å²) in [4.78, 5) is 23.4. The second kappa shape index (κ2) is 11.2. The number of aliphatic hydroxyl groups excluding tert-OH is 1. The molecule has 1 atom stereocenters. The lowest BCUT2D eigenvalue weighted by atomic mass is 10.0. The molecule has 0 aliphatic rings. The minimum Gasteiger partial charge on any atom is -0.497 e. The maximum absolute atomic E-state index is 15.8. The van der Waals surface area contributed by atoms with Crippen LogP contribution in [0.25, 0.3) is 5.95 Å². The Balaban J connectivity index is 1.82. The molecule has 12 heteroatoms. The van der Waals surface area contributed by atoms with E-state index in [1.807, 2.05) is 6.07 Å². The summed E-state index contributed by atoms with van der Waals surface area (Å²) in [5.41, 5.74) is 0.698. The zero-order valence-electron chi connectivity index (χ0n) is 19.2. The molecule has 184 valence electrons. The first-order valence-electron chi connectivity index (χ1n) is 10.8. The fraction of sp³-hybridized carbons (Fsp3) is 0.208. The largest absolute Gasteiger partial charge is 0.497 e. The number of nitrogens with zero attached hydrogens (tertiary/aromatic N) is 5. The summed E-state index contributed by atoms with van der Waals surface area (Å²) in [6.07, 6.45) is 2.94. The van der Waals surface area contributed by atoms with Gasteiger partial charge in [0.1, 0.15) is 17.6 Å². The van der Waals surface area contributed by atoms with E-state index >= 15 is 4.39 Å². The Bertz CT molecular complexity index is 1420. The minimum atomic E-state index is -0.984. The summed E-state index contributed by atoms with van der Waals surface area (Å²) >= 11 is 0. The molecule has 0 spiro atoms. The number of hydrogen-bond donors (Lipinski definition) is 3. The molecular formula is C24H22FN7O4. The van der Waals surface area contributed by atoms with Crippen LogP contribution in [-0.2, 0) is 11.3 Å². The van der Waals surface area contributed by atoms with Crippen LogP contribution in [-0.4, -0.2) is 50.2 Å². The van der Waals surface area contributed by atoms with Crippen LogP contribution in [0.4, 0.5) is 10.1 Å². The van der Waals surface area contributed by atoms with Crippen molar-refractivity contribution in [3.8, 4) is 17.8 Å². The smallest absolute Gasteiger partial charge is 0.350 e. The number of H-pyrrole nitrogens is 1. The zero-order chi connectivity index (χ0) is 25.5. The normalized spacial score (nSPS) is 11.6. The number of aromatic amines is 1. The highest BCUT2D eigenvalue weighted by molar-refractivity contribution is 5.51. The average molecular weight is 491 g/mol. The summed E-state index contributed by atoms with van der Waals surface area (Å²) in [7, 11) is 1.45. The van der Waals surface area contributed by atoms with E-state index in [9.17, 15) is 4.79 Å². The molecule has 3 N–H and O–H groups in total. The first-order chi connectivity index (χ1) is 17.5. The van der Waals surface area contributed by atoms with Crippen LogP contribution in [0.5, 0.6) is 5.75 Å². The molecule has 0 saturated heterocycles. The molecular weight excluding hydrogens is 469 g/mol. The monoisotopic (exact) mass is 491 g/mol. The van der Waals surface area contributed by atoms with Gasteiger partial charge in [0, 0.05) is 29.2 Å². The lowest BCUT2D eigenvalue weighted by Crippen LogP contribution is -2.18. The van der Waals surface area contributed by atoms with E-state index in [1.54, 1.807) is 30.3 Å². The number of benzene rings is 2. The Morgan fingerprint density at radius 1 is 1.25 bits per heavy atom. The second-order valence-corrected chi connectivity index (χ2v) is 7.51. The van der Waals surface area contributed by atoms with Gasteiger partial charge < -0.3 is 19.9 Å². The van der Waals surface area contributed by atoms with Crippen molar-refractivity contribution in [1.82, 2.24) is 24.7 Å². The van der Waals surface area contributed by atoms with Crippen molar-refractivity contribution >= 4 is 5.69 Å². The van der Waals surface area contributed by atoms with Gasteiger partial charge in [-0.1, -0.05) is 0 Å². The maximum Gasteiger partial charge on any atom is 0.350 e. The topological polar surface area (TPSA) is 151 Å². The number of hydrogen-bond acceptors (Lipinski definition) is 9. The van der Waals surface area contributed by atoms with Gasteiger partial charge in [0.15, 0.2) is 5.82 Å². The molecule has 0 amide bonds. The van der Waals surface area contributed by atoms with Gasteiger partial charge in [0.05, 0.1) is 38.6 Å². The minimum absolute atomic E-state index is 0.0354. The Labute approximate surface area is 204 Å². The van der Waals surface area contributed by atoms with Gasteiger partial charge in [-0.2, -0.15) is 5.26 Å². The quantitative estimate of drug-likeness (QED) is 0.283. The highest BCUT2D eigenvalue weighted by Gasteiger charge is 2.26. The van der Waals surface area contributed by atoms with E-state index in [0.29, 0.717) is 17.0 Å². The molecule has 1 unspecified atom stereocenters. The molecule has 0 radical (unpaired) electrons. The molecule has 11 nitrogen and oxygen atoms in total. The van der Waals surface area contributed by atoms with E-state index < -0.39 is 17.5 Å². The first-order valence-corrected chi connectivity index (χ1v) is 10.8. The number of anilines is 1. The molecule has 0 fully saturated rings. The molecule has 0 aliphatic heterocycles. The van der Waals surface area contributed by atoms with Crippen LogP contribution in [0.2, 0.25) is 0 Å². The van der Waals surface area contributed by atoms with E-state index in [4.69, 9.17) is 19.8 Å². The highest BCUT2D eigenvalue weighted by atomic mass is 19.1. The van der Waals surface area contributed by atoms with Crippen LogP contribution in [0.15, 0.2) is 59.7 Å². The van der Waals surface area contributed by atoms with Crippen molar-refractivity contribution in [2.75, 3.05) is 25.6 Å². The number of nitrogens with one attached hydrogen (secondary N) is 2. The van der Waals surface area contributed by atoms with E-state index in [1.165, 1.54) is 31.6 Å². The zero-order valence-corrected chi connectivity index (χ0v) is 19.2. The summed E-state index contributed by atoms with van der Waals surface area (Å²) in [6.45, 7) is -0.280. The molecule has 2 heterocycles. The summed E-state index contributed by atoms with van der Waals surface area (Å²) in [5.74, 6) is -0.113. The molecule has 2 aromatic carbocycles. The van der Waals surface area contributed by atoms with E-state index in [2.05, 4.69) is 25.4 Å². The van der Waals surface area contributed by atoms with Gasteiger partial charge in [-0.05, 0) is 42.5 Å². The van der Waals surface area contributed by atoms with Crippen molar-refractivity contribution in [2.24, 2.45) is 0 Å². The number of ether oxygens (including phenoxy) is 2. The van der Waals surface area contributed by atoms with Crippen LogP contribution in [0.1, 0.15) is 28.6 Å². The Morgan fingerprint density at radius 3 is 2.67 bits per heavy atom. The SMILES string of the molecule is COc1cc(COCCO)c(F)c(C(Nc2ccc(C#N)cc2)c2nn(-c3ncccn3)c(=O)[nH]2)c1. The summed E-state index contributed by atoms with van der Waals surface area (Å²) < 4.78 is 27.4. The standard InChI is InChI=1S/C24H22FN7O4/c1-35-18-11-16(14-36-10-9-33)20(25)19(12-18)21(29-17-5-3-15(13-26)4-6-17)22-30-24(34)32(31-22)23-27-7-2-8-28-23/h2-8,11-12,21,29,33H,9-10,14H2,1H3,(H,30,31,34). The predicted molar refractivity (Wildman–Crippen MR) is 126 cm³/mol. The van der Waals surface area contributed by atoms with Crippen LogP contribution < -0.4 is 15.7 Å². The Hall–Kier alpha value is -4.60. The number of halogens is 1. The van der Waals surface area contributed by atoms with E-state index in [0.717, 1.165) is 4.68 Å². The Kier molecular flexibility index (Phi) is 7.64. The third kappa shape index (κ3) is 5.38. The van der Waals surface area contributed by atoms with Crippen molar-refractivity contribution in [3.05, 3.63) is 93.7 Å². The van der Waals surface area contributed by atoms with Gasteiger partial charge >= 0.3 is 5.69 Å². The summed E-state index contributed by atoms with van der Waals surface area (Å²) in [6, 6.07) is 12.2. The van der Waals surface area contributed by atoms with Crippen LogP contribution in [0.3, 0.4) is 0 Å². The molecule has 4 aromatic rings. The third-order valence-corrected chi connectivity index (χ3v) is 5.16. The van der Waals surface area contributed by atoms with Crippen molar-refractivity contribution in [2.45, 2.75) is 12.6 Å². The number of rotatable bonds is 10. The third-order valence-electron chi connectivity index (χ3n) is 5.16. The Morgan fingerprint density at radius 2 is 2.00 bits per heavy atom. The van der Waals surface area contributed by atoms with Gasteiger partial charge in [-0.15, -0.1) is 9.78 Å². The van der Waals surface area contributed by atoms with Gasteiger partial charge in [0.25, 0.3) is 5.95 Å². The summed E-state index contributed by atoms with van der Waals surface area (Å²) in [5, 5.41) is 25.6. The van der Waals surface area contributed by atoms with E-state index in [-0.39, 0.29) is 42.7 Å². The molecule has 0 aliphatic carbocycles. The number of aliphatic hydroxyl groups is 1. The number of aromatic nitrogens is 5. The molecule has 0 saturated carbocycles. The average Bonchev–Trinajstić information content (AvgIpc) is 3.30. The first kappa shape index (κ1) is 24.5.